The van der Waals surface area contributed by atoms with Gasteiger partial charge in [0.05, 0.1) is 13.5 Å². The SMILES string of the molecule is COC(=O)CCc1ccc(/C=C/C(=O)Nc2cccc(C)c2C)o1. The van der Waals surface area contributed by atoms with Crippen LogP contribution in [0, 0.1) is 13.8 Å². The van der Waals surface area contributed by atoms with Gasteiger partial charge in [-0.2, -0.15) is 0 Å². The lowest BCUT2D eigenvalue weighted by Crippen LogP contribution is -2.09. The van der Waals surface area contributed by atoms with Crippen LogP contribution in [0.1, 0.15) is 29.1 Å². The van der Waals surface area contributed by atoms with Crippen LogP contribution in [0.15, 0.2) is 40.8 Å². The summed E-state index contributed by atoms with van der Waals surface area (Å²) in [4.78, 5) is 23.1. The molecule has 0 radical (unpaired) electrons. The third-order valence-electron chi connectivity index (χ3n) is 3.75. The normalized spacial score (nSPS) is 10.8. The number of benzene rings is 1. The van der Waals surface area contributed by atoms with E-state index in [2.05, 4.69) is 10.1 Å². The number of amides is 1. The Balaban J connectivity index is 1.93. The zero-order chi connectivity index (χ0) is 17.5. The molecule has 5 heteroatoms. The first-order valence-electron chi connectivity index (χ1n) is 7.70. The van der Waals surface area contributed by atoms with Crippen molar-refractivity contribution in [1.82, 2.24) is 0 Å². The largest absolute Gasteiger partial charge is 0.469 e. The smallest absolute Gasteiger partial charge is 0.305 e. The summed E-state index contributed by atoms with van der Waals surface area (Å²) < 4.78 is 10.1. The van der Waals surface area contributed by atoms with Gasteiger partial charge < -0.3 is 14.5 Å². The number of hydrogen-bond donors (Lipinski definition) is 1. The molecule has 0 aliphatic heterocycles. The van der Waals surface area contributed by atoms with E-state index in [0.717, 1.165) is 16.8 Å². The number of hydrogen-bond acceptors (Lipinski definition) is 4. The zero-order valence-electron chi connectivity index (χ0n) is 14.1. The molecule has 1 N–H and O–H groups in total. The Kier molecular flexibility index (Phi) is 5.95. The summed E-state index contributed by atoms with van der Waals surface area (Å²) in [5.41, 5.74) is 2.96. The molecule has 2 aromatic rings. The molecule has 0 unspecified atom stereocenters. The molecule has 1 heterocycles. The van der Waals surface area contributed by atoms with E-state index in [1.807, 2.05) is 32.0 Å². The monoisotopic (exact) mass is 327 g/mol. The number of ether oxygens (including phenoxy) is 1. The fourth-order valence-electron chi connectivity index (χ4n) is 2.16. The summed E-state index contributed by atoms with van der Waals surface area (Å²) in [5.74, 6) is 0.730. The Hall–Kier alpha value is -2.82. The Bertz CT molecular complexity index is 758. The second kappa shape index (κ2) is 8.15. The number of carbonyl (C=O) groups is 2. The summed E-state index contributed by atoms with van der Waals surface area (Å²) in [6, 6.07) is 9.31. The lowest BCUT2D eigenvalue weighted by Gasteiger charge is -2.08. The number of anilines is 1. The highest BCUT2D eigenvalue weighted by molar-refractivity contribution is 6.02. The maximum atomic E-state index is 12.0. The van der Waals surface area contributed by atoms with Crippen molar-refractivity contribution >= 4 is 23.6 Å². The molecule has 0 atom stereocenters. The molecular weight excluding hydrogens is 306 g/mol. The number of esters is 1. The third kappa shape index (κ3) is 4.84. The molecule has 1 aromatic carbocycles. The first kappa shape index (κ1) is 17.5. The van der Waals surface area contributed by atoms with Gasteiger partial charge in [0.2, 0.25) is 5.91 Å². The molecule has 0 spiro atoms. The fourth-order valence-corrected chi connectivity index (χ4v) is 2.16. The highest BCUT2D eigenvalue weighted by Gasteiger charge is 2.06. The predicted octanol–water partition coefficient (Wildman–Crippen LogP) is 3.65. The minimum absolute atomic E-state index is 0.226. The van der Waals surface area contributed by atoms with Crippen molar-refractivity contribution in [3.8, 4) is 0 Å². The summed E-state index contributed by atoms with van der Waals surface area (Å²) in [6.45, 7) is 3.97. The number of aryl methyl sites for hydroxylation is 2. The minimum atomic E-state index is -0.281. The van der Waals surface area contributed by atoms with Gasteiger partial charge in [0.25, 0.3) is 0 Å². The molecule has 0 aliphatic carbocycles. The van der Waals surface area contributed by atoms with E-state index in [-0.39, 0.29) is 18.3 Å². The molecular formula is C19H21NO4. The van der Waals surface area contributed by atoms with Crippen molar-refractivity contribution in [2.45, 2.75) is 26.7 Å². The van der Waals surface area contributed by atoms with Gasteiger partial charge in [-0.1, -0.05) is 12.1 Å². The van der Waals surface area contributed by atoms with Gasteiger partial charge in [0.1, 0.15) is 11.5 Å². The Labute approximate surface area is 141 Å². The van der Waals surface area contributed by atoms with Crippen LogP contribution in [0.4, 0.5) is 5.69 Å². The first-order valence-corrected chi connectivity index (χ1v) is 7.70. The summed E-state index contributed by atoms with van der Waals surface area (Å²) >= 11 is 0. The highest BCUT2D eigenvalue weighted by Crippen LogP contribution is 2.18. The zero-order valence-corrected chi connectivity index (χ0v) is 14.1. The van der Waals surface area contributed by atoms with E-state index < -0.39 is 0 Å². The Morgan fingerprint density at radius 1 is 1.21 bits per heavy atom. The van der Waals surface area contributed by atoms with Crippen molar-refractivity contribution in [3.05, 3.63) is 59.1 Å². The lowest BCUT2D eigenvalue weighted by atomic mass is 10.1. The van der Waals surface area contributed by atoms with Crippen LogP contribution in [-0.4, -0.2) is 19.0 Å². The standard InChI is InChI=1S/C19H21NO4/c1-13-5-4-6-17(14(13)2)20-18(21)11-9-15-7-8-16(24-15)10-12-19(22)23-3/h4-9,11H,10,12H2,1-3H3,(H,20,21)/b11-9+. The van der Waals surface area contributed by atoms with Gasteiger partial charge in [-0.05, 0) is 49.2 Å². The third-order valence-corrected chi connectivity index (χ3v) is 3.75. The van der Waals surface area contributed by atoms with Gasteiger partial charge in [0.15, 0.2) is 0 Å². The molecule has 126 valence electrons. The topological polar surface area (TPSA) is 68.5 Å². The van der Waals surface area contributed by atoms with Crippen molar-refractivity contribution in [1.29, 1.82) is 0 Å². The maximum Gasteiger partial charge on any atom is 0.305 e. The second-order valence-corrected chi connectivity index (χ2v) is 5.45. The van der Waals surface area contributed by atoms with Crippen molar-refractivity contribution in [2.75, 3.05) is 12.4 Å². The highest BCUT2D eigenvalue weighted by atomic mass is 16.5. The van der Waals surface area contributed by atoms with Crippen molar-refractivity contribution in [3.63, 3.8) is 0 Å². The Morgan fingerprint density at radius 2 is 2.00 bits per heavy atom. The molecule has 5 nitrogen and oxygen atoms in total. The average Bonchev–Trinajstić information content (AvgIpc) is 3.03. The molecule has 0 aliphatic rings. The summed E-state index contributed by atoms with van der Waals surface area (Å²) in [6.07, 6.45) is 3.75. The molecule has 2 rings (SSSR count). The quantitative estimate of drug-likeness (QED) is 0.649. The maximum absolute atomic E-state index is 12.0. The average molecular weight is 327 g/mol. The number of furan rings is 1. The van der Waals surface area contributed by atoms with E-state index in [1.165, 1.54) is 13.2 Å². The number of rotatable bonds is 6. The number of methoxy groups -OCH3 is 1. The van der Waals surface area contributed by atoms with Crippen LogP contribution in [0.25, 0.3) is 6.08 Å². The van der Waals surface area contributed by atoms with Gasteiger partial charge in [0, 0.05) is 18.2 Å². The molecule has 1 amide bonds. The van der Waals surface area contributed by atoms with Crippen molar-refractivity contribution < 1.29 is 18.7 Å². The van der Waals surface area contributed by atoms with Crippen LogP contribution in [0.2, 0.25) is 0 Å². The summed E-state index contributed by atoms with van der Waals surface area (Å²) in [5, 5.41) is 2.85. The van der Waals surface area contributed by atoms with Gasteiger partial charge in [-0.3, -0.25) is 9.59 Å². The summed E-state index contributed by atoms with van der Waals surface area (Å²) in [7, 11) is 1.35. The molecule has 0 saturated carbocycles. The minimum Gasteiger partial charge on any atom is -0.469 e. The van der Waals surface area contributed by atoms with Crippen LogP contribution in [0.3, 0.4) is 0 Å². The van der Waals surface area contributed by atoms with E-state index in [4.69, 9.17) is 4.42 Å². The Morgan fingerprint density at radius 3 is 2.75 bits per heavy atom. The van der Waals surface area contributed by atoms with Crippen molar-refractivity contribution in [2.24, 2.45) is 0 Å². The number of carbonyl (C=O) groups excluding carboxylic acids is 2. The van der Waals surface area contributed by atoms with Gasteiger partial charge in [-0.15, -0.1) is 0 Å². The molecule has 0 fully saturated rings. The van der Waals surface area contributed by atoms with E-state index in [9.17, 15) is 9.59 Å². The van der Waals surface area contributed by atoms with Crippen LogP contribution < -0.4 is 5.32 Å². The molecule has 24 heavy (non-hydrogen) atoms. The predicted molar refractivity (Wildman–Crippen MR) is 92.6 cm³/mol. The van der Waals surface area contributed by atoms with Gasteiger partial charge >= 0.3 is 5.97 Å². The lowest BCUT2D eigenvalue weighted by molar-refractivity contribution is -0.140. The second-order valence-electron chi connectivity index (χ2n) is 5.45. The van der Waals surface area contributed by atoms with Crippen LogP contribution >= 0.6 is 0 Å². The number of nitrogens with one attached hydrogen (secondary N) is 1. The van der Waals surface area contributed by atoms with E-state index in [1.54, 1.807) is 18.2 Å². The molecule has 1 aromatic heterocycles. The van der Waals surface area contributed by atoms with E-state index in [0.29, 0.717) is 17.9 Å². The van der Waals surface area contributed by atoms with E-state index >= 15 is 0 Å². The first-order chi connectivity index (χ1) is 11.5. The fraction of sp³-hybridized carbons (Fsp3) is 0.263. The van der Waals surface area contributed by atoms with Crippen LogP contribution in [-0.2, 0) is 20.7 Å². The molecule has 0 bridgehead atoms. The van der Waals surface area contributed by atoms with Crippen LogP contribution in [0.5, 0.6) is 0 Å². The van der Waals surface area contributed by atoms with Gasteiger partial charge in [-0.25, -0.2) is 0 Å². The molecule has 0 saturated heterocycles.